The van der Waals surface area contributed by atoms with Crippen LogP contribution in [0.15, 0.2) is 53.7 Å². The van der Waals surface area contributed by atoms with Crippen molar-refractivity contribution in [2.24, 2.45) is 11.1 Å². The first kappa shape index (κ1) is 25.3. The molecule has 7 nitrogen and oxygen atoms in total. The number of anilines is 1. The molecule has 1 unspecified atom stereocenters. The molecule has 0 fully saturated rings. The lowest BCUT2D eigenvalue weighted by Gasteiger charge is -2.41. The van der Waals surface area contributed by atoms with Crippen LogP contribution in [-0.4, -0.2) is 43.3 Å². The summed E-state index contributed by atoms with van der Waals surface area (Å²) in [5, 5.41) is 0. The van der Waals surface area contributed by atoms with Gasteiger partial charge in [0.15, 0.2) is 0 Å². The second-order valence-electron chi connectivity index (χ2n) is 9.29. The van der Waals surface area contributed by atoms with E-state index >= 15 is 0 Å². The smallest absolute Gasteiger partial charge is 0.416 e. The average molecular weight is 502 g/mol. The summed E-state index contributed by atoms with van der Waals surface area (Å²) in [6, 6.07) is 9.51. The van der Waals surface area contributed by atoms with E-state index in [9.17, 15) is 27.6 Å². The fourth-order valence-corrected chi connectivity index (χ4v) is 4.76. The van der Waals surface area contributed by atoms with Crippen molar-refractivity contribution in [3.63, 3.8) is 0 Å². The second kappa shape index (κ2) is 9.00. The van der Waals surface area contributed by atoms with Crippen molar-refractivity contribution in [2.45, 2.75) is 32.4 Å². The molecular formula is C26H26F3N3O4. The van der Waals surface area contributed by atoms with E-state index in [1.165, 1.54) is 38.1 Å². The topological polar surface area (TPSA) is 92.9 Å². The van der Waals surface area contributed by atoms with Gasteiger partial charge in [0.2, 0.25) is 11.8 Å². The van der Waals surface area contributed by atoms with Gasteiger partial charge in [0.05, 0.1) is 12.2 Å². The third-order valence-corrected chi connectivity index (χ3v) is 6.69. The minimum absolute atomic E-state index is 0.107. The Kier molecular flexibility index (Phi) is 6.32. The van der Waals surface area contributed by atoms with Crippen molar-refractivity contribution in [1.82, 2.24) is 4.90 Å². The van der Waals surface area contributed by atoms with Crippen LogP contribution in [0.2, 0.25) is 0 Å². The van der Waals surface area contributed by atoms with Crippen molar-refractivity contribution in [1.29, 1.82) is 0 Å². The highest BCUT2D eigenvalue weighted by molar-refractivity contribution is 6.16. The Hall–Kier alpha value is -3.82. The molecule has 1 atom stereocenters. The standard InChI is InChI=1S/C26H26F3N3O4/c1-15-20(22(33)31(2)3)14-25(23(30)34,13-16-7-8-21-17(11-16)9-10-36-21)24(35)32(15)19-6-4-5-18(12-19)26(27,28)29/h4-8,11-12H,9-10,13-14H2,1-3H3,(H2,30,34). The van der Waals surface area contributed by atoms with Crippen LogP contribution in [-0.2, 0) is 33.4 Å². The Balaban J connectivity index is 1.88. The first-order valence-corrected chi connectivity index (χ1v) is 11.3. The van der Waals surface area contributed by atoms with Gasteiger partial charge in [-0.25, -0.2) is 0 Å². The maximum absolute atomic E-state index is 14.0. The summed E-state index contributed by atoms with van der Waals surface area (Å²) in [5.74, 6) is -1.49. The second-order valence-corrected chi connectivity index (χ2v) is 9.29. The number of nitrogens with two attached hydrogens (primary N) is 1. The SMILES string of the molecule is CC1=C(C(=O)N(C)C)CC(Cc2ccc3c(c2)CCO3)(C(N)=O)C(=O)N1c1cccc(C(F)(F)F)c1. The zero-order valence-electron chi connectivity index (χ0n) is 20.1. The normalized spacial score (nSPS) is 19.7. The molecule has 0 aliphatic carbocycles. The predicted octanol–water partition coefficient (Wildman–Crippen LogP) is 3.45. The van der Waals surface area contributed by atoms with Crippen LogP contribution in [0.3, 0.4) is 0 Å². The van der Waals surface area contributed by atoms with E-state index in [1.54, 1.807) is 12.1 Å². The number of nitrogens with zero attached hydrogens (tertiary/aromatic N) is 2. The number of primary amides is 1. The molecule has 0 radical (unpaired) electrons. The van der Waals surface area contributed by atoms with E-state index in [0.29, 0.717) is 24.3 Å². The quantitative estimate of drug-likeness (QED) is 0.636. The summed E-state index contributed by atoms with van der Waals surface area (Å²) in [4.78, 5) is 42.4. The molecule has 0 bridgehead atoms. The molecule has 0 aromatic heterocycles. The van der Waals surface area contributed by atoms with Crippen molar-refractivity contribution < 1.29 is 32.3 Å². The van der Waals surface area contributed by atoms with Gasteiger partial charge in [-0.15, -0.1) is 0 Å². The number of ether oxygens (including phenoxy) is 1. The summed E-state index contributed by atoms with van der Waals surface area (Å²) in [6.07, 6.45) is -4.38. The van der Waals surface area contributed by atoms with Gasteiger partial charge >= 0.3 is 6.18 Å². The molecule has 2 aliphatic heterocycles. The highest BCUT2D eigenvalue weighted by Crippen LogP contribution is 2.43. The summed E-state index contributed by atoms with van der Waals surface area (Å²) in [7, 11) is 3.03. The molecule has 0 saturated carbocycles. The molecule has 0 spiro atoms. The lowest BCUT2D eigenvalue weighted by atomic mass is 9.71. The van der Waals surface area contributed by atoms with Crippen molar-refractivity contribution in [2.75, 3.05) is 25.6 Å². The largest absolute Gasteiger partial charge is 0.493 e. The lowest BCUT2D eigenvalue weighted by molar-refractivity contribution is -0.141. The van der Waals surface area contributed by atoms with Crippen LogP contribution >= 0.6 is 0 Å². The molecule has 3 amide bonds. The molecule has 0 saturated heterocycles. The first-order chi connectivity index (χ1) is 16.8. The summed E-state index contributed by atoms with van der Waals surface area (Å²) >= 11 is 0. The molecule has 2 aromatic rings. The average Bonchev–Trinajstić information content (AvgIpc) is 3.28. The number of amides is 3. The zero-order valence-corrected chi connectivity index (χ0v) is 20.1. The van der Waals surface area contributed by atoms with Crippen molar-refractivity contribution in [3.8, 4) is 5.75 Å². The lowest BCUT2D eigenvalue weighted by Crippen LogP contribution is -2.56. The Morgan fingerprint density at radius 1 is 1.17 bits per heavy atom. The number of hydrogen-bond acceptors (Lipinski definition) is 4. The zero-order chi connectivity index (χ0) is 26.4. The molecule has 2 N–H and O–H groups in total. The maximum Gasteiger partial charge on any atom is 0.416 e. The maximum atomic E-state index is 14.0. The van der Waals surface area contributed by atoms with Gasteiger partial charge in [-0.05, 0) is 48.7 Å². The van der Waals surface area contributed by atoms with Crippen molar-refractivity contribution in [3.05, 3.63) is 70.4 Å². The van der Waals surface area contributed by atoms with Gasteiger partial charge in [0.25, 0.3) is 5.91 Å². The van der Waals surface area contributed by atoms with Gasteiger partial charge in [-0.3, -0.25) is 19.3 Å². The number of carbonyl (C=O) groups is 3. The van der Waals surface area contributed by atoms with Crippen LogP contribution in [0.4, 0.5) is 18.9 Å². The van der Waals surface area contributed by atoms with Gasteiger partial charge in [-0.1, -0.05) is 18.2 Å². The van der Waals surface area contributed by atoms with E-state index in [0.717, 1.165) is 22.6 Å². The molecular weight excluding hydrogens is 475 g/mol. The Morgan fingerprint density at radius 2 is 1.89 bits per heavy atom. The Morgan fingerprint density at radius 3 is 2.53 bits per heavy atom. The predicted molar refractivity (Wildman–Crippen MR) is 126 cm³/mol. The molecule has 36 heavy (non-hydrogen) atoms. The summed E-state index contributed by atoms with van der Waals surface area (Å²) in [6.45, 7) is 2.00. The first-order valence-electron chi connectivity index (χ1n) is 11.3. The minimum atomic E-state index is -4.65. The molecule has 2 aliphatic rings. The number of halogens is 3. The Bertz CT molecular complexity index is 1290. The molecule has 190 valence electrons. The molecule has 4 rings (SSSR count). The number of alkyl halides is 3. The number of hydrogen-bond donors (Lipinski definition) is 1. The molecule has 2 aromatic carbocycles. The number of likely N-dealkylation sites (N-methyl/N-ethyl adjacent to an activating group) is 1. The van der Waals surface area contributed by atoms with Gasteiger partial charge in [0.1, 0.15) is 11.2 Å². The van der Waals surface area contributed by atoms with Crippen LogP contribution in [0.1, 0.15) is 30.0 Å². The van der Waals surface area contributed by atoms with Gasteiger partial charge in [-0.2, -0.15) is 13.2 Å². The summed E-state index contributed by atoms with van der Waals surface area (Å²) in [5.41, 5.74) is 4.71. The van der Waals surface area contributed by atoms with Crippen LogP contribution in [0.25, 0.3) is 0 Å². The summed E-state index contributed by atoms with van der Waals surface area (Å²) < 4.78 is 45.9. The van der Waals surface area contributed by atoms with Gasteiger partial charge in [0, 0.05) is 43.9 Å². The van der Waals surface area contributed by atoms with E-state index in [2.05, 4.69) is 0 Å². The van der Waals surface area contributed by atoms with Gasteiger partial charge < -0.3 is 15.4 Å². The van der Waals surface area contributed by atoms with Crippen LogP contribution < -0.4 is 15.4 Å². The van der Waals surface area contributed by atoms with E-state index in [1.807, 2.05) is 6.07 Å². The highest BCUT2D eigenvalue weighted by atomic mass is 19.4. The minimum Gasteiger partial charge on any atom is -0.493 e. The van der Waals surface area contributed by atoms with Crippen molar-refractivity contribution >= 4 is 23.4 Å². The fourth-order valence-electron chi connectivity index (χ4n) is 4.76. The highest BCUT2D eigenvalue weighted by Gasteiger charge is 2.53. The molecule has 10 heteroatoms. The monoisotopic (exact) mass is 501 g/mol. The fraction of sp³-hybridized carbons (Fsp3) is 0.346. The van der Waals surface area contributed by atoms with Crippen LogP contribution in [0.5, 0.6) is 5.75 Å². The van der Waals surface area contributed by atoms with E-state index in [4.69, 9.17) is 10.5 Å². The van der Waals surface area contributed by atoms with E-state index < -0.39 is 34.9 Å². The number of allylic oxidation sites excluding steroid dienone is 1. The number of rotatable bonds is 5. The third kappa shape index (κ3) is 4.31. The third-order valence-electron chi connectivity index (χ3n) is 6.69. The number of carbonyl (C=O) groups excluding carboxylic acids is 3. The number of benzene rings is 2. The number of fused-ring (bicyclic) bond motifs is 1. The molecule has 2 heterocycles. The Labute approximate surface area is 206 Å². The van der Waals surface area contributed by atoms with E-state index in [-0.39, 0.29) is 29.8 Å². The van der Waals surface area contributed by atoms with Crippen LogP contribution in [0, 0.1) is 5.41 Å².